The fraction of sp³-hybridized carbons (Fsp3) is 0.643. The topological polar surface area (TPSA) is 17.1 Å². The smallest absolute Gasteiger partial charge is 0.135 e. The molecular formula is C14H24O. The number of rotatable bonds is 6. The summed E-state index contributed by atoms with van der Waals surface area (Å²) in [6, 6.07) is 0. The average molecular weight is 208 g/mol. The number of carbonyl (C=O) groups excluding carboxylic acids is 1. The van der Waals surface area contributed by atoms with Crippen molar-refractivity contribution >= 4 is 5.78 Å². The van der Waals surface area contributed by atoms with E-state index in [1.54, 1.807) is 0 Å². The van der Waals surface area contributed by atoms with Crippen LogP contribution in [-0.2, 0) is 4.79 Å². The van der Waals surface area contributed by atoms with Gasteiger partial charge < -0.3 is 0 Å². The van der Waals surface area contributed by atoms with Gasteiger partial charge in [0.15, 0.2) is 0 Å². The van der Waals surface area contributed by atoms with Gasteiger partial charge in [-0.3, -0.25) is 4.79 Å². The Morgan fingerprint density at radius 1 is 1.33 bits per heavy atom. The highest BCUT2D eigenvalue weighted by molar-refractivity contribution is 5.80. The van der Waals surface area contributed by atoms with E-state index in [0.717, 1.165) is 6.42 Å². The maximum Gasteiger partial charge on any atom is 0.135 e. The van der Waals surface area contributed by atoms with Gasteiger partial charge in [0.25, 0.3) is 0 Å². The lowest BCUT2D eigenvalue weighted by Crippen LogP contribution is -2.12. The Balaban J connectivity index is 4.19. The first-order chi connectivity index (χ1) is 7.01. The first-order valence-corrected chi connectivity index (χ1v) is 5.85. The standard InChI is InChI=1S/C14H24O/c1-6-8-11(3)9-12(4)10-13(5)14(15)7-2/h6,8-9,12-13H,7,10H2,1-5H3/b8-6+,11-9+/t12-,13-/m1/s1. The maximum absolute atomic E-state index is 11.4. The highest BCUT2D eigenvalue weighted by atomic mass is 16.1. The molecule has 0 aliphatic rings. The van der Waals surface area contributed by atoms with Crippen molar-refractivity contribution in [2.75, 3.05) is 0 Å². The first-order valence-electron chi connectivity index (χ1n) is 5.85. The average Bonchev–Trinajstić information content (AvgIpc) is 2.16. The molecule has 0 saturated heterocycles. The van der Waals surface area contributed by atoms with Crippen LogP contribution in [0.2, 0.25) is 0 Å². The van der Waals surface area contributed by atoms with E-state index in [-0.39, 0.29) is 5.92 Å². The van der Waals surface area contributed by atoms with Gasteiger partial charge in [0, 0.05) is 12.3 Å². The van der Waals surface area contributed by atoms with Crippen LogP contribution in [0.1, 0.15) is 47.5 Å². The quantitative estimate of drug-likeness (QED) is 0.599. The summed E-state index contributed by atoms with van der Waals surface area (Å²) >= 11 is 0. The highest BCUT2D eigenvalue weighted by Crippen LogP contribution is 2.16. The molecule has 0 saturated carbocycles. The Hall–Kier alpha value is -0.850. The number of hydrogen-bond donors (Lipinski definition) is 0. The minimum atomic E-state index is 0.194. The molecule has 0 radical (unpaired) electrons. The van der Waals surface area contributed by atoms with Gasteiger partial charge in [0.2, 0.25) is 0 Å². The lowest BCUT2D eigenvalue weighted by Gasteiger charge is -2.13. The molecule has 0 heterocycles. The summed E-state index contributed by atoms with van der Waals surface area (Å²) in [6.45, 7) is 10.3. The molecule has 0 rings (SSSR count). The van der Waals surface area contributed by atoms with E-state index in [1.165, 1.54) is 5.57 Å². The second kappa shape index (κ2) is 7.44. The van der Waals surface area contributed by atoms with Crippen LogP contribution in [0.25, 0.3) is 0 Å². The Bertz CT molecular complexity index is 248. The molecule has 0 unspecified atom stereocenters. The zero-order chi connectivity index (χ0) is 11.8. The maximum atomic E-state index is 11.4. The van der Waals surface area contributed by atoms with E-state index in [9.17, 15) is 4.79 Å². The van der Waals surface area contributed by atoms with Gasteiger partial charge in [-0.05, 0) is 26.2 Å². The molecule has 2 atom stereocenters. The summed E-state index contributed by atoms with van der Waals surface area (Å²) in [5.41, 5.74) is 1.28. The van der Waals surface area contributed by atoms with Crippen LogP contribution in [-0.4, -0.2) is 5.78 Å². The van der Waals surface area contributed by atoms with Crippen LogP contribution in [0.3, 0.4) is 0 Å². The fourth-order valence-corrected chi connectivity index (χ4v) is 1.87. The zero-order valence-corrected chi connectivity index (χ0v) is 10.7. The molecule has 0 aliphatic carbocycles. The molecule has 0 aliphatic heterocycles. The van der Waals surface area contributed by atoms with Crippen LogP contribution in [0.5, 0.6) is 0 Å². The fourth-order valence-electron chi connectivity index (χ4n) is 1.87. The van der Waals surface area contributed by atoms with Gasteiger partial charge in [-0.15, -0.1) is 0 Å². The van der Waals surface area contributed by atoms with E-state index in [2.05, 4.69) is 26.0 Å². The third-order valence-electron chi connectivity index (χ3n) is 2.60. The van der Waals surface area contributed by atoms with Crippen molar-refractivity contribution in [1.29, 1.82) is 0 Å². The summed E-state index contributed by atoms with van der Waals surface area (Å²) in [4.78, 5) is 11.4. The highest BCUT2D eigenvalue weighted by Gasteiger charge is 2.13. The van der Waals surface area contributed by atoms with Crippen molar-refractivity contribution in [3.05, 3.63) is 23.8 Å². The lowest BCUT2D eigenvalue weighted by atomic mass is 9.91. The molecule has 0 fully saturated rings. The molecule has 86 valence electrons. The van der Waals surface area contributed by atoms with E-state index in [4.69, 9.17) is 0 Å². The van der Waals surface area contributed by atoms with E-state index in [1.807, 2.05) is 26.8 Å². The number of Topliss-reactive ketones (excluding diaryl/α,β-unsaturated/α-hetero) is 1. The molecule has 0 aromatic rings. The number of allylic oxidation sites excluding steroid dienone is 4. The van der Waals surface area contributed by atoms with E-state index >= 15 is 0 Å². The molecule has 1 nitrogen and oxygen atoms in total. The number of carbonyl (C=O) groups is 1. The lowest BCUT2D eigenvalue weighted by molar-refractivity contribution is -0.122. The SMILES string of the molecule is C/C=C/C(C)=C/[C@@H](C)C[C@@H](C)C(=O)CC. The van der Waals surface area contributed by atoms with Gasteiger partial charge >= 0.3 is 0 Å². The van der Waals surface area contributed by atoms with Crippen molar-refractivity contribution in [3.63, 3.8) is 0 Å². The summed E-state index contributed by atoms with van der Waals surface area (Å²) in [7, 11) is 0. The second-order valence-electron chi connectivity index (χ2n) is 4.34. The predicted octanol–water partition coefficient (Wildman–Crippen LogP) is 4.15. The Kier molecular flexibility index (Phi) is 7.02. The molecule has 0 spiro atoms. The van der Waals surface area contributed by atoms with Crippen molar-refractivity contribution < 1.29 is 4.79 Å². The third kappa shape index (κ3) is 6.27. The third-order valence-corrected chi connectivity index (χ3v) is 2.60. The van der Waals surface area contributed by atoms with Crippen LogP contribution >= 0.6 is 0 Å². The van der Waals surface area contributed by atoms with Crippen LogP contribution in [0.4, 0.5) is 0 Å². The minimum Gasteiger partial charge on any atom is -0.299 e. The molecule has 15 heavy (non-hydrogen) atoms. The van der Waals surface area contributed by atoms with Crippen molar-refractivity contribution in [2.45, 2.75) is 47.5 Å². The summed E-state index contributed by atoms with van der Waals surface area (Å²) in [5, 5.41) is 0. The molecule has 0 amide bonds. The molecule has 0 N–H and O–H groups in total. The van der Waals surface area contributed by atoms with Crippen molar-refractivity contribution in [1.82, 2.24) is 0 Å². The van der Waals surface area contributed by atoms with Gasteiger partial charge in [-0.2, -0.15) is 0 Å². The monoisotopic (exact) mass is 208 g/mol. The Labute approximate surface area is 94.3 Å². The predicted molar refractivity (Wildman–Crippen MR) is 66.8 cm³/mol. The summed E-state index contributed by atoms with van der Waals surface area (Å²) < 4.78 is 0. The van der Waals surface area contributed by atoms with Crippen molar-refractivity contribution in [3.8, 4) is 0 Å². The first kappa shape index (κ1) is 14.2. The Morgan fingerprint density at radius 3 is 2.40 bits per heavy atom. The number of ketones is 1. The van der Waals surface area contributed by atoms with Gasteiger partial charge in [-0.1, -0.05) is 44.6 Å². The van der Waals surface area contributed by atoms with Gasteiger partial charge in [-0.25, -0.2) is 0 Å². The molecule has 0 aromatic carbocycles. The zero-order valence-electron chi connectivity index (χ0n) is 10.7. The molecule has 0 bridgehead atoms. The normalized spacial score (nSPS) is 16.7. The van der Waals surface area contributed by atoms with E-state index in [0.29, 0.717) is 18.1 Å². The molecular weight excluding hydrogens is 184 g/mol. The minimum absolute atomic E-state index is 0.194. The van der Waals surface area contributed by atoms with Gasteiger partial charge in [0.1, 0.15) is 5.78 Å². The van der Waals surface area contributed by atoms with Gasteiger partial charge in [0.05, 0.1) is 0 Å². The van der Waals surface area contributed by atoms with Crippen LogP contribution < -0.4 is 0 Å². The second-order valence-corrected chi connectivity index (χ2v) is 4.34. The number of hydrogen-bond acceptors (Lipinski definition) is 1. The largest absolute Gasteiger partial charge is 0.299 e. The van der Waals surface area contributed by atoms with Crippen molar-refractivity contribution in [2.24, 2.45) is 11.8 Å². The molecule has 1 heteroatoms. The van der Waals surface area contributed by atoms with E-state index < -0.39 is 0 Å². The van der Waals surface area contributed by atoms with Crippen LogP contribution in [0.15, 0.2) is 23.8 Å². The summed E-state index contributed by atoms with van der Waals surface area (Å²) in [6.07, 6.45) is 7.99. The molecule has 0 aromatic heterocycles. The summed E-state index contributed by atoms with van der Waals surface area (Å²) in [5.74, 6) is 1.05. The van der Waals surface area contributed by atoms with Crippen LogP contribution in [0, 0.1) is 11.8 Å². The Morgan fingerprint density at radius 2 is 1.93 bits per heavy atom.